The molecule has 0 radical (unpaired) electrons. The summed E-state index contributed by atoms with van der Waals surface area (Å²) in [6.07, 6.45) is 56.6. The number of aliphatic carboxylic acids is 1. The van der Waals surface area contributed by atoms with Gasteiger partial charge in [-0.25, -0.2) is 4.79 Å². The van der Waals surface area contributed by atoms with Gasteiger partial charge in [0, 0.05) is 19.3 Å². The Balaban J connectivity index is 4.33. The summed E-state index contributed by atoms with van der Waals surface area (Å²) < 4.78 is 17.3. The summed E-state index contributed by atoms with van der Waals surface area (Å²) in [5, 5.41) is 9.65. The quantitative estimate of drug-likeness (QED) is 0.0282. The van der Waals surface area contributed by atoms with E-state index < -0.39 is 18.1 Å². The van der Waals surface area contributed by atoms with Crippen LogP contribution < -0.4 is 0 Å². The van der Waals surface area contributed by atoms with E-state index in [-0.39, 0.29) is 36.2 Å². The average molecular weight is 869 g/mol. The number of carbonyl (C=O) groups is 3. The third-order valence-corrected chi connectivity index (χ3v) is 10.9. The molecule has 0 bridgehead atoms. The Morgan fingerprint density at radius 1 is 0.500 bits per heavy atom. The lowest BCUT2D eigenvalue weighted by Gasteiger charge is -2.31. The second-order valence-electron chi connectivity index (χ2n) is 17.7. The number of allylic oxidation sites excluding steroid dienone is 12. The van der Waals surface area contributed by atoms with E-state index >= 15 is 0 Å². The molecule has 1 N–H and O–H groups in total. The number of unbranched alkanes of at least 4 members (excludes halogenated alkanes) is 18. The fourth-order valence-corrected chi connectivity index (χ4v) is 7.04. The van der Waals surface area contributed by atoms with Gasteiger partial charge in [-0.1, -0.05) is 189 Å². The van der Waals surface area contributed by atoms with E-state index in [0.29, 0.717) is 19.3 Å². The van der Waals surface area contributed by atoms with Crippen LogP contribution in [0.1, 0.15) is 200 Å². The zero-order valence-corrected chi connectivity index (χ0v) is 40.6. The molecule has 62 heavy (non-hydrogen) atoms. The molecule has 0 rings (SSSR count). The number of carboxylic acid groups (broad SMARTS) is 1. The van der Waals surface area contributed by atoms with Crippen molar-refractivity contribution in [2.45, 2.75) is 212 Å². The number of rotatable bonds is 44. The van der Waals surface area contributed by atoms with Gasteiger partial charge >= 0.3 is 17.9 Å². The predicted octanol–water partition coefficient (Wildman–Crippen LogP) is 14.3. The van der Waals surface area contributed by atoms with Crippen molar-refractivity contribution in [2.24, 2.45) is 0 Å². The van der Waals surface area contributed by atoms with E-state index in [2.05, 4.69) is 86.8 Å². The van der Waals surface area contributed by atoms with E-state index in [0.717, 1.165) is 83.5 Å². The van der Waals surface area contributed by atoms with Gasteiger partial charge in [0.15, 0.2) is 12.1 Å². The van der Waals surface area contributed by atoms with Gasteiger partial charge in [0.05, 0.1) is 34.4 Å². The van der Waals surface area contributed by atoms with E-state index in [4.69, 9.17) is 14.2 Å². The monoisotopic (exact) mass is 869 g/mol. The number of nitrogens with zero attached hydrogens (tertiary/aromatic N) is 1. The molecule has 0 saturated carbocycles. The van der Waals surface area contributed by atoms with E-state index in [1.807, 2.05) is 21.1 Å². The van der Waals surface area contributed by atoms with Crippen molar-refractivity contribution in [1.82, 2.24) is 0 Å². The van der Waals surface area contributed by atoms with Crippen LogP contribution in [0.5, 0.6) is 0 Å². The average Bonchev–Trinajstić information content (AvgIpc) is 3.23. The summed E-state index contributed by atoms with van der Waals surface area (Å²) in [4.78, 5) is 37.1. The Labute approximate surface area is 381 Å². The first-order valence-corrected chi connectivity index (χ1v) is 25.0. The summed E-state index contributed by atoms with van der Waals surface area (Å²) >= 11 is 0. The number of esters is 2. The molecule has 0 spiro atoms. The third-order valence-electron chi connectivity index (χ3n) is 10.9. The molecule has 356 valence electrons. The van der Waals surface area contributed by atoms with Crippen LogP contribution in [0.15, 0.2) is 72.9 Å². The van der Waals surface area contributed by atoms with E-state index in [1.54, 1.807) is 0 Å². The van der Waals surface area contributed by atoms with Crippen LogP contribution in [0.25, 0.3) is 0 Å². The molecule has 2 unspecified atom stereocenters. The van der Waals surface area contributed by atoms with Crippen molar-refractivity contribution in [3.8, 4) is 0 Å². The number of carbonyl (C=O) groups excluding carboxylic acids is 2. The van der Waals surface area contributed by atoms with Crippen LogP contribution in [0, 0.1) is 0 Å². The van der Waals surface area contributed by atoms with Gasteiger partial charge < -0.3 is 23.8 Å². The molecule has 0 aliphatic rings. The topological polar surface area (TPSA) is 99.1 Å². The maximum atomic E-state index is 12.8. The van der Waals surface area contributed by atoms with Crippen molar-refractivity contribution in [3.05, 3.63) is 72.9 Å². The van der Waals surface area contributed by atoms with Crippen molar-refractivity contribution < 1.29 is 38.2 Å². The molecule has 2 atom stereocenters. The highest BCUT2D eigenvalue weighted by Crippen LogP contribution is 2.15. The van der Waals surface area contributed by atoms with Gasteiger partial charge in [0.1, 0.15) is 6.61 Å². The molecule has 0 fully saturated rings. The van der Waals surface area contributed by atoms with Crippen LogP contribution >= 0.6 is 0 Å². The Bertz CT molecular complexity index is 1240. The maximum absolute atomic E-state index is 12.8. The SMILES string of the molecule is CC/C=C/C/C=C/C/C=C/C/C=C/C/C=C/C/C=C/CCCCCC(=O)OCC(COCCC(C(=O)O)[N+](C)(C)C)OC(=O)CCCCCCCCCCCCCCCCCC. The van der Waals surface area contributed by atoms with Crippen LogP contribution in [0.2, 0.25) is 0 Å². The molecular weight excluding hydrogens is 775 g/mol. The predicted molar refractivity (Wildman–Crippen MR) is 261 cm³/mol. The Kier molecular flexibility index (Phi) is 42.1. The van der Waals surface area contributed by atoms with E-state index in [1.165, 1.54) is 83.5 Å². The van der Waals surface area contributed by atoms with Crippen molar-refractivity contribution >= 4 is 17.9 Å². The fourth-order valence-electron chi connectivity index (χ4n) is 7.04. The first kappa shape index (κ1) is 58.8. The summed E-state index contributed by atoms with van der Waals surface area (Å²) in [7, 11) is 5.52. The maximum Gasteiger partial charge on any atom is 0.362 e. The third kappa shape index (κ3) is 42.1. The molecular formula is C54H94NO7+. The lowest BCUT2D eigenvalue weighted by atomic mass is 10.0. The highest BCUT2D eigenvalue weighted by molar-refractivity contribution is 5.72. The summed E-state index contributed by atoms with van der Waals surface area (Å²) in [5.74, 6) is -1.51. The zero-order chi connectivity index (χ0) is 45.6. The molecule has 0 aromatic rings. The lowest BCUT2D eigenvalue weighted by Crippen LogP contribution is -2.50. The van der Waals surface area contributed by atoms with Gasteiger partial charge in [0.2, 0.25) is 0 Å². The molecule has 0 aromatic heterocycles. The van der Waals surface area contributed by atoms with Gasteiger partial charge in [-0.05, 0) is 64.2 Å². The van der Waals surface area contributed by atoms with Crippen LogP contribution in [0.3, 0.4) is 0 Å². The number of hydrogen-bond acceptors (Lipinski definition) is 6. The Morgan fingerprint density at radius 2 is 0.903 bits per heavy atom. The second-order valence-corrected chi connectivity index (χ2v) is 17.7. The van der Waals surface area contributed by atoms with Gasteiger partial charge in [0.25, 0.3) is 0 Å². The number of quaternary nitrogens is 1. The molecule has 0 aliphatic heterocycles. The van der Waals surface area contributed by atoms with Crippen molar-refractivity contribution in [3.63, 3.8) is 0 Å². The number of ether oxygens (including phenoxy) is 3. The van der Waals surface area contributed by atoms with E-state index in [9.17, 15) is 19.5 Å². The highest BCUT2D eigenvalue weighted by atomic mass is 16.6. The summed E-state index contributed by atoms with van der Waals surface area (Å²) in [6, 6.07) is -0.622. The Hall–Kier alpha value is -3.23. The second kappa shape index (κ2) is 44.4. The minimum atomic E-state index is -0.880. The summed E-state index contributed by atoms with van der Waals surface area (Å²) in [6.45, 7) is 4.60. The molecule has 8 heteroatoms. The van der Waals surface area contributed by atoms with Gasteiger partial charge in [-0.15, -0.1) is 0 Å². The lowest BCUT2D eigenvalue weighted by molar-refractivity contribution is -0.887. The largest absolute Gasteiger partial charge is 0.477 e. The van der Waals surface area contributed by atoms with Gasteiger partial charge in [-0.2, -0.15) is 0 Å². The molecule has 0 aliphatic carbocycles. The molecule has 0 amide bonds. The van der Waals surface area contributed by atoms with Gasteiger partial charge in [-0.3, -0.25) is 9.59 Å². The minimum absolute atomic E-state index is 0.0490. The van der Waals surface area contributed by atoms with Crippen molar-refractivity contribution in [2.75, 3.05) is 41.0 Å². The van der Waals surface area contributed by atoms with Crippen molar-refractivity contribution in [1.29, 1.82) is 0 Å². The first-order valence-electron chi connectivity index (χ1n) is 25.0. The fraction of sp³-hybridized carbons (Fsp3) is 0.722. The minimum Gasteiger partial charge on any atom is -0.477 e. The number of likely N-dealkylation sites (N-methyl/N-ethyl adjacent to an activating group) is 1. The van der Waals surface area contributed by atoms with Crippen LogP contribution in [-0.2, 0) is 28.6 Å². The molecule has 0 aromatic carbocycles. The standard InChI is InChI=1S/C54H93NO7/c1-6-8-10-12-14-16-18-20-22-24-25-26-27-28-29-31-32-34-36-38-40-42-44-52(56)61-49-50(48-60-47-46-51(54(58)59)55(3,4)5)62-53(57)45-43-41-39-37-35-33-30-23-21-19-17-15-13-11-9-7-2/h8,10,14,16,20,22,25-26,28-29,32,34,50-51H,6-7,9,11-13,15,17-19,21,23-24,27,30-31,33,35-49H2,1-5H3/p+1/b10-8+,16-14+,22-20+,26-25+,29-28+,34-32+. The Morgan fingerprint density at radius 3 is 1.34 bits per heavy atom. The number of hydrogen-bond donors (Lipinski definition) is 1. The molecule has 8 nitrogen and oxygen atoms in total. The van der Waals surface area contributed by atoms with Crippen LogP contribution in [0.4, 0.5) is 0 Å². The first-order chi connectivity index (χ1) is 30.1. The summed E-state index contributed by atoms with van der Waals surface area (Å²) in [5.41, 5.74) is 0. The normalized spacial score (nSPS) is 13.5. The zero-order valence-electron chi connectivity index (χ0n) is 40.6. The molecule has 0 saturated heterocycles. The van der Waals surface area contributed by atoms with Crippen LogP contribution in [-0.4, -0.2) is 80.6 Å². The number of carboxylic acids is 1. The molecule has 0 heterocycles. The highest BCUT2D eigenvalue weighted by Gasteiger charge is 2.31. The smallest absolute Gasteiger partial charge is 0.362 e.